The maximum atomic E-state index is 12.5. The molecular weight excluding hydrogens is 344 g/mol. The minimum atomic E-state index is -2.93. The van der Waals surface area contributed by atoms with Gasteiger partial charge in [-0.2, -0.15) is 0 Å². The first-order valence-corrected chi connectivity index (χ1v) is 10.4. The zero-order chi connectivity index (χ0) is 17.9. The van der Waals surface area contributed by atoms with Crippen LogP contribution >= 0.6 is 0 Å². The van der Waals surface area contributed by atoms with E-state index >= 15 is 0 Å². The van der Waals surface area contributed by atoms with Crippen LogP contribution in [-0.4, -0.2) is 84.4 Å². The predicted octanol–water partition coefficient (Wildman–Crippen LogP) is -0.0347. The molecule has 0 N–H and O–H groups in total. The molecule has 1 unspecified atom stereocenters. The molecule has 8 nitrogen and oxygen atoms in total. The van der Waals surface area contributed by atoms with E-state index in [9.17, 15) is 13.2 Å². The van der Waals surface area contributed by atoms with Gasteiger partial charge >= 0.3 is 6.01 Å². The highest BCUT2D eigenvalue weighted by Gasteiger charge is 2.32. The van der Waals surface area contributed by atoms with E-state index in [0.29, 0.717) is 25.5 Å². The van der Waals surface area contributed by atoms with Gasteiger partial charge < -0.3 is 9.64 Å². The van der Waals surface area contributed by atoms with Crippen LogP contribution in [0.25, 0.3) is 0 Å². The number of piperidine rings is 1. The average molecular weight is 368 g/mol. The molecule has 0 saturated carbocycles. The Kier molecular flexibility index (Phi) is 5.53. The summed E-state index contributed by atoms with van der Waals surface area (Å²) in [5.74, 6) is 0.422. The molecule has 2 fully saturated rings. The summed E-state index contributed by atoms with van der Waals surface area (Å²) < 4.78 is 28.9. The summed E-state index contributed by atoms with van der Waals surface area (Å²) in [6, 6.07) is 2.06. The van der Waals surface area contributed by atoms with E-state index in [0.717, 1.165) is 12.8 Å². The molecule has 0 aromatic carbocycles. The zero-order valence-corrected chi connectivity index (χ0v) is 15.2. The van der Waals surface area contributed by atoms with Gasteiger partial charge in [0.15, 0.2) is 9.84 Å². The average Bonchev–Trinajstić information content (AvgIpc) is 2.96. The Hall–Kier alpha value is -1.74. The highest BCUT2D eigenvalue weighted by atomic mass is 32.2. The van der Waals surface area contributed by atoms with Crippen molar-refractivity contribution in [2.45, 2.75) is 31.4 Å². The molecule has 9 heteroatoms. The van der Waals surface area contributed by atoms with Gasteiger partial charge in [0, 0.05) is 44.4 Å². The molecule has 0 radical (unpaired) electrons. The summed E-state index contributed by atoms with van der Waals surface area (Å²) in [7, 11) is -1.11. The second kappa shape index (κ2) is 7.65. The SMILES string of the molecule is CN(CC(=O)N1CCC(Oc2ncccn2)CC1)C1CCS(=O)(=O)C1. The number of sulfone groups is 1. The first-order chi connectivity index (χ1) is 11.9. The van der Waals surface area contributed by atoms with Gasteiger partial charge in [0.05, 0.1) is 18.1 Å². The van der Waals surface area contributed by atoms with Crippen molar-refractivity contribution in [3.8, 4) is 6.01 Å². The van der Waals surface area contributed by atoms with Gasteiger partial charge in [-0.15, -0.1) is 0 Å². The molecule has 0 aliphatic carbocycles. The van der Waals surface area contributed by atoms with Crippen LogP contribution in [0.15, 0.2) is 18.5 Å². The molecule has 3 rings (SSSR count). The van der Waals surface area contributed by atoms with Gasteiger partial charge in [-0.25, -0.2) is 18.4 Å². The summed E-state index contributed by atoms with van der Waals surface area (Å²) in [4.78, 5) is 24.3. The van der Waals surface area contributed by atoms with Crippen LogP contribution in [0, 0.1) is 0 Å². The van der Waals surface area contributed by atoms with E-state index < -0.39 is 9.84 Å². The molecule has 0 bridgehead atoms. The number of carbonyl (C=O) groups excluding carboxylic acids is 1. The van der Waals surface area contributed by atoms with Crippen molar-refractivity contribution in [3.63, 3.8) is 0 Å². The largest absolute Gasteiger partial charge is 0.460 e. The quantitative estimate of drug-likeness (QED) is 0.720. The van der Waals surface area contributed by atoms with Crippen molar-refractivity contribution in [3.05, 3.63) is 18.5 Å². The Morgan fingerprint density at radius 3 is 2.56 bits per heavy atom. The molecule has 1 amide bonds. The van der Waals surface area contributed by atoms with E-state index in [1.807, 2.05) is 16.8 Å². The fraction of sp³-hybridized carbons (Fsp3) is 0.688. The fourth-order valence-electron chi connectivity index (χ4n) is 3.28. The van der Waals surface area contributed by atoms with Crippen LogP contribution in [0.1, 0.15) is 19.3 Å². The monoisotopic (exact) mass is 368 g/mol. The van der Waals surface area contributed by atoms with Crippen molar-refractivity contribution in [1.29, 1.82) is 0 Å². The number of hydrogen-bond donors (Lipinski definition) is 0. The van der Waals surface area contributed by atoms with Gasteiger partial charge in [0.25, 0.3) is 0 Å². The van der Waals surface area contributed by atoms with Crippen molar-refractivity contribution < 1.29 is 17.9 Å². The molecule has 1 aromatic rings. The van der Waals surface area contributed by atoms with Crippen LogP contribution in [0.2, 0.25) is 0 Å². The minimum Gasteiger partial charge on any atom is -0.460 e. The predicted molar refractivity (Wildman–Crippen MR) is 92.0 cm³/mol. The van der Waals surface area contributed by atoms with Crippen molar-refractivity contribution in [1.82, 2.24) is 19.8 Å². The lowest BCUT2D eigenvalue weighted by Crippen LogP contribution is -2.47. The standard InChI is InChI=1S/C16H24N4O4S/c1-19(13-5-10-25(22,23)12-13)11-15(21)20-8-3-14(4-9-20)24-16-17-6-2-7-18-16/h2,6-7,13-14H,3-5,8-12H2,1H3. The van der Waals surface area contributed by atoms with Crippen LogP contribution in [0.5, 0.6) is 6.01 Å². The fourth-order valence-corrected chi connectivity index (χ4v) is 5.09. The number of aromatic nitrogens is 2. The summed E-state index contributed by atoms with van der Waals surface area (Å²) in [5.41, 5.74) is 0. The molecule has 3 heterocycles. The number of hydrogen-bond acceptors (Lipinski definition) is 7. The molecule has 2 aliphatic rings. The number of ether oxygens (including phenoxy) is 1. The normalized spacial score (nSPS) is 23.8. The molecule has 1 atom stereocenters. The highest BCUT2D eigenvalue weighted by molar-refractivity contribution is 7.91. The molecule has 25 heavy (non-hydrogen) atoms. The third kappa shape index (κ3) is 4.88. The van der Waals surface area contributed by atoms with Crippen molar-refractivity contribution in [2.24, 2.45) is 0 Å². The second-order valence-corrected chi connectivity index (χ2v) is 8.93. The number of likely N-dealkylation sites (tertiary alicyclic amines) is 1. The molecule has 1 aromatic heterocycles. The number of amides is 1. The van der Waals surface area contributed by atoms with E-state index in [-0.39, 0.29) is 36.1 Å². The van der Waals surface area contributed by atoms with Crippen molar-refractivity contribution in [2.75, 3.05) is 38.2 Å². The Bertz CT molecular complexity index is 689. The van der Waals surface area contributed by atoms with Crippen LogP contribution in [-0.2, 0) is 14.6 Å². The van der Waals surface area contributed by atoms with E-state index in [1.165, 1.54) is 0 Å². The molecule has 2 saturated heterocycles. The van der Waals surface area contributed by atoms with E-state index in [4.69, 9.17) is 4.74 Å². The smallest absolute Gasteiger partial charge is 0.316 e. The first-order valence-electron chi connectivity index (χ1n) is 8.55. The lowest BCUT2D eigenvalue weighted by molar-refractivity contribution is -0.134. The summed E-state index contributed by atoms with van der Waals surface area (Å²) >= 11 is 0. The number of likely N-dealkylation sites (N-methyl/N-ethyl adjacent to an activating group) is 1. The molecular formula is C16H24N4O4S. The van der Waals surface area contributed by atoms with Gasteiger partial charge in [0.2, 0.25) is 5.91 Å². The lowest BCUT2D eigenvalue weighted by atomic mass is 10.1. The van der Waals surface area contributed by atoms with E-state index in [2.05, 4.69) is 9.97 Å². The zero-order valence-electron chi connectivity index (χ0n) is 14.4. The maximum absolute atomic E-state index is 12.5. The number of nitrogens with zero attached hydrogens (tertiary/aromatic N) is 4. The topological polar surface area (TPSA) is 92.7 Å². The molecule has 0 spiro atoms. The Labute approximate surface area is 148 Å². The summed E-state index contributed by atoms with van der Waals surface area (Å²) in [6.45, 7) is 1.52. The first kappa shape index (κ1) is 18.1. The molecule has 2 aliphatic heterocycles. The van der Waals surface area contributed by atoms with Gasteiger partial charge in [-0.1, -0.05) is 0 Å². The molecule has 138 valence electrons. The van der Waals surface area contributed by atoms with Gasteiger partial charge in [-0.3, -0.25) is 9.69 Å². The summed E-state index contributed by atoms with van der Waals surface area (Å²) in [6.07, 6.45) is 5.39. The van der Waals surface area contributed by atoms with Gasteiger partial charge in [-0.05, 0) is 19.5 Å². The number of rotatable bonds is 5. The minimum absolute atomic E-state index is 0.0177. The van der Waals surface area contributed by atoms with E-state index in [1.54, 1.807) is 18.5 Å². The maximum Gasteiger partial charge on any atom is 0.316 e. The Morgan fingerprint density at radius 2 is 1.96 bits per heavy atom. The van der Waals surface area contributed by atoms with Crippen LogP contribution < -0.4 is 4.74 Å². The summed E-state index contributed by atoms with van der Waals surface area (Å²) in [5, 5.41) is 0. The third-order valence-corrected chi connectivity index (χ3v) is 6.58. The van der Waals surface area contributed by atoms with Crippen molar-refractivity contribution >= 4 is 15.7 Å². The van der Waals surface area contributed by atoms with Crippen LogP contribution in [0.4, 0.5) is 0 Å². The Balaban J connectivity index is 1.44. The number of carbonyl (C=O) groups is 1. The van der Waals surface area contributed by atoms with Crippen LogP contribution in [0.3, 0.4) is 0 Å². The second-order valence-electron chi connectivity index (χ2n) is 6.70. The third-order valence-electron chi connectivity index (χ3n) is 4.83. The lowest BCUT2D eigenvalue weighted by Gasteiger charge is -2.33. The highest BCUT2D eigenvalue weighted by Crippen LogP contribution is 2.18. The van der Waals surface area contributed by atoms with Gasteiger partial charge in [0.1, 0.15) is 6.10 Å². The Morgan fingerprint density at radius 1 is 1.28 bits per heavy atom.